The van der Waals surface area contributed by atoms with E-state index >= 15 is 0 Å². The lowest BCUT2D eigenvalue weighted by atomic mass is 10.2. The number of aromatic nitrogens is 4. The van der Waals surface area contributed by atoms with E-state index in [1.54, 1.807) is 4.90 Å². The Kier molecular flexibility index (Phi) is 5.09. The van der Waals surface area contributed by atoms with Gasteiger partial charge in [0, 0.05) is 25.3 Å². The van der Waals surface area contributed by atoms with Crippen LogP contribution in [0.15, 0.2) is 23.3 Å². The van der Waals surface area contributed by atoms with Crippen molar-refractivity contribution in [3.05, 3.63) is 40.1 Å². The molecule has 0 saturated carbocycles. The summed E-state index contributed by atoms with van der Waals surface area (Å²) in [4.78, 5) is 29.9. The Morgan fingerprint density at radius 1 is 1.44 bits per heavy atom. The third kappa shape index (κ3) is 3.24. The van der Waals surface area contributed by atoms with Gasteiger partial charge < -0.3 is 15.7 Å². The van der Waals surface area contributed by atoms with Gasteiger partial charge >= 0.3 is 5.97 Å². The van der Waals surface area contributed by atoms with Crippen LogP contribution in [0.5, 0.6) is 0 Å². The molecule has 0 amide bonds. The maximum atomic E-state index is 14.6. The molecule has 0 aromatic carbocycles. The molecule has 142 valence electrons. The van der Waals surface area contributed by atoms with Crippen molar-refractivity contribution in [2.45, 2.75) is 12.5 Å². The smallest absolute Gasteiger partial charge is 0.341 e. The lowest BCUT2D eigenvalue weighted by Crippen LogP contribution is -2.28. The maximum Gasteiger partial charge on any atom is 0.341 e. The quantitative estimate of drug-likeness (QED) is 0.653. The Bertz CT molecular complexity index is 1070. The highest BCUT2D eigenvalue weighted by Crippen LogP contribution is 2.25. The SMILES string of the molecule is Cl.N[C@H]1CCN(c2nc3c(cc2F)c(=O)c(C(=O)O)cn3-c2cnsn2)C1. The van der Waals surface area contributed by atoms with E-state index in [-0.39, 0.29) is 35.3 Å². The van der Waals surface area contributed by atoms with E-state index in [4.69, 9.17) is 5.73 Å². The normalized spacial score (nSPS) is 16.5. The van der Waals surface area contributed by atoms with Gasteiger partial charge in [-0.1, -0.05) is 0 Å². The van der Waals surface area contributed by atoms with Crippen LogP contribution in [0.1, 0.15) is 16.8 Å². The van der Waals surface area contributed by atoms with Crippen LogP contribution >= 0.6 is 24.1 Å². The molecule has 3 aromatic rings. The van der Waals surface area contributed by atoms with Crippen molar-refractivity contribution >= 4 is 47.0 Å². The van der Waals surface area contributed by atoms with E-state index in [9.17, 15) is 19.1 Å². The molecule has 4 rings (SSSR count). The molecule has 0 aliphatic carbocycles. The average Bonchev–Trinajstić information content (AvgIpc) is 3.26. The number of pyridine rings is 2. The third-order valence-corrected chi connectivity index (χ3v) is 4.73. The van der Waals surface area contributed by atoms with Gasteiger partial charge in [-0.15, -0.1) is 12.4 Å². The summed E-state index contributed by atoms with van der Waals surface area (Å²) in [6.45, 7) is 0.997. The Balaban J connectivity index is 0.00000210. The first kappa shape index (κ1) is 19.1. The topological polar surface area (TPSA) is 127 Å². The summed E-state index contributed by atoms with van der Waals surface area (Å²) >= 11 is 0.919. The van der Waals surface area contributed by atoms with Crippen LogP contribution in [0.3, 0.4) is 0 Å². The molecule has 1 saturated heterocycles. The van der Waals surface area contributed by atoms with E-state index in [0.29, 0.717) is 25.3 Å². The minimum atomic E-state index is -1.41. The van der Waals surface area contributed by atoms with E-state index in [2.05, 4.69) is 13.7 Å². The summed E-state index contributed by atoms with van der Waals surface area (Å²) in [5.74, 6) is -1.74. The molecule has 4 heterocycles. The van der Waals surface area contributed by atoms with Gasteiger partial charge in [0.05, 0.1) is 23.3 Å². The van der Waals surface area contributed by atoms with Crippen LogP contribution in [0.4, 0.5) is 10.2 Å². The van der Waals surface area contributed by atoms with Crippen molar-refractivity contribution in [2.75, 3.05) is 18.0 Å². The zero-order valence-electron chi connectivity index (χ0n) is 13.7. The van der Waals surface area contributed by atoms with Crippen molar-refractivity contribution in [1.82, 2.24) is 18.3 Å². The molecule has 27 heavy (non-hydrogen) atoms. The first-order chi connectivity index (χ1) is 12.5. The zero-order chi connectivity index (χ0) is 18.4. The predicted molar refractivity (Wildman–Crippen MR) is 99.8 cm³/mol. The molecule has 0 bridgehead atoms. The van der Waals surface area contributed by atoms with Gasteiger partial charge in [-0.2, -0.15) is 8.75 Å². The molecule has 0 unspecified atom stereocenters. The highest BCUT2D eigenvalue weighted by Gasteiger charge is 2.25. The monoisotopic (exact) mass is 412 g/mol. The number of hydrogen-bond donors (Lipinski definition) is 2. The summed E-state index contributed by atoms with van der Waals surface area (Å²) in [5, 5.41) is 9.15. The van der Waals surface area contributed by atoms with Crippen molar-refractivity contribution in [2.24, 2.45) is 5.73 Å². The fourth-order valence-corrected chi connectivity index (χ4v) is 3.42. The number of fused-ring (bicyclic) bond motifs is 1. The maximum absolute atomic E-state index is 14.6. The number of rotatable bonds is 3. The van der Waals surface area contributed by atoms with E-state index in [1.165, 1.54) is 10.8 Å². The summed E-state index contributed by atoms with van der Waals surface area (Å²) < 4.78 is 23.9. The molecule has 1 aliphatic heterocycles. The number of halogens is 2. The van der Waals surface area contributed by atoms with Crippen molar-refractivity contribution in [3.63, 3.8) is 0 Å². The van der Waals surface area contributed by atoms with E-state index in [1.807, 2.05) is 0 Å². The minimum Gasteiger partial charge on any atom is -0.477 e. The highest BCUT2D eigenvalue weighted by molar-refractivity contribution is 6.99. The molecule has 1 atom stereocenters. The number of carbonyl (C=O) groups is 1. The zero-order valence-corrected chi connectivity index (χ0v) is 15.3. The fourth-order valence-electron chi connectivity index (χ4n) is 3.01. The van der Waals surface area contributed by atoms with E-state index < -0.39 is 22.8 Å². The van der Waals surface area contributed by atoms with Crippen LogP contribution in [-0.4, -0.2) is 48.5 Å². The molecular formula is C15H14ClFN6O3S. The molecule has 1 aliphatic rings. The second kappa shape index (κ2) is 7.18. The summed E-state index contributed by atoms with van der Waals surface area (Å²) in [6.07, 6.45) is 3.25. The molecule has 0 radical (unpaired) electrons. The molecule has 3 N–H and O–H groups in total. The van der Waals surface area contributed by atoms with Crippen LogP contribution in [0.2, 0.25) is 0 Å². The van der Waals surface area contributed by atoms with Gasteiger partial charge in [0.1, 0.15) is 5.56 Å². The lowest BCUT2D eigenvalue weighted by Gasteiger charge is -2.19. The summed E-state index contributed by atoms with van der Waals surface area (Å²) in [6, 6.07) is 0.943. The lowest BCUT2D eigenvalue weighted by molar-refractivity contribution is 0.0695. The molecule has 3 aromatic heterocycles. The standard InChI is InChI=1S/C15H13FN6O3S.ClH/c16-10-3-8-12(23)9(15(24)25)6-22(11-4-18-26-20-11)13(8)19-14(10)21-2-1-7(17)5-21;/h3-4,6-7H,1-2,5,17H2,(H,24,25);1H/t7-;/m0./s1. The minimum absolute atomic E-state index is 0. The Morgan fingerprint density at radius 3 is 2.81 bits per heavy atom. The van der Waals surface area contributed by atoms with Gasteiger partial charge in [-0.3, -0.25) is 9.36 Å². The Morgan fingerprint density at radius 2 is 2.22 bits per heavy atom. The number of aromatic carboxylic acids is 1. The van der Waals surface area contributed by atoms with Crippen LogP contribution in [-0.2, 0) is 0 Å². The molecular weight excluding hydrogens is 399 g/mol. The first-order valence-corrected chi connectivity index (χ1v) is 8.46. The van der Waals surface area contributed by atoms with E-state index in [0.717, 1.165) is 24.0 Å². The largest absolute Gasteiger partial charge is 0.477 e. The van der Waals surface area contributed by atoms with Crippen molar-refractivity contribution in [1.29, 1.82) is 0 Å². The molecule has 1 fully saturated rings. The van der Waals surface area contributed by atoms with Crippen molar-refractivity contribution < 1.29 is 14.3 Å². The van der Waals surface area contributed by atoms with Crippen LogP contribution < -0.4 is 16.1 Å². The predicted octanol–water partition coefficient (Wildman–Crippen LogP) is 1.03. The van der Waals surface area contributed by atoms with Gasteiger partial charge in [0.25, 0.3) is 0 Å². The number of nitrogens with zero attached hydrogens (tertiary/aromatic N) is 5. The molecule has 12 heteroatoms. The molecule has 0 spiro atoms. The number of carboxylic acids is 1. The van der Waals surface area contributed by atoms with Gasteiger partial charge in [0.2, 0.25) is 5.43 Å². The second-order valence-corrected chi connectivity index (χ2v) is 6.53. The van der Waals surface area contributed by atoms with Crippen LogP contribution in [0.25, 0.3) is 16.9 Å². The summed E-state index contributed by atoms with van der Waals surface area (Å²) in [7, 11) is 0. The summed E-state index contributed by atoms with van der Waals surface area (Å²) in [5.41, 5.74) is 4.70. The van der Waals surface area contributed by atoms with Gasteiger partial charge in [-0.05, 0) is 12.5 Å². The number of carboxylic acid groups (broad SMARTS) is 1. The van der Waals surface area contributed by atoms with Gasteiger partial charge in [0.15, 0.2) is 23.1 Å². The Hall–Kier alpha value is -2.63. The second-order valence-electron chi connectivity index (χ2n) is 5.97. The number of anilines is 1. The highest BCUT2D eigenvalue weighted by atomic mass is 35.5. The van der Waals surface area contributed by atoms with Crippen LogP contribution in [0, 0.1) is 5.82 Å². The number of hydrogen-bond acceptors (Lipinski definition) is 8. The number of nitrogens with two attached hydrogens (primary N) is 1. The van der Waals surface area contributed by atoms with Gasteiger partial charge in [-0.25, -0.2) is 14.2 Å². The first-order valence-electron chi connectivity index (χ1n) is 7.73. The Labute approximate surface area is 162 Å². The fraction of sp³-hybridized carbons (Fsp3) is 0.267. The average molecular weight is 413 g/mol. The third-order valence-electron chi connectivity index (χ3n) is 4.26. The molecule has 9 nitrogen and oxygen atoms in total. The van der Waals surface area contributed by atoms with Crippen molar-refractivity contribution in [3.8, 4) is 5.82 Å².